The molecule has 0 aliphatic rings. The van der Waals surface area contributed by atoms with Crippen molar-refractivity contribution >= 4 is 18.4 Å². The Morgan fingerprint density at radius 1 is 0.529 bits per heavy atom. The Kier molecular flexibility index (Phi) is 5.76. The van der Waals surface area contributed by atoms with Crippen LogP contribution < -0.4 is 0 Å². The second-order valence-electron chi connectivity index (χ2n) is 5.73. The Morgan fingerprint density at radius 2 is 0.765 bits per heavy atom. The van der Waals surface area contributed by atoms with E-state index in [1.165, 1.54) is 11.1 Å². The summed E-state index contributed by atoms with van der Waals surface area (Å²) >= 11 is -1.18. The molecule has 0 atom stereocenters. The molecule has 90 valence electrons. The van der Waals surface area contributed by atoms with Gasteiger partial charge in [0.05, 0.1) is 0 Å². The first kappa shape index (κ1) is 14.3. The molecule has 0 spiro atoms. The van der Waals surface area contributed by atoms with Crippen LogP contribution >= 0.6 is 0 Å². The molecule has 0 fully saturated rings. The zero-order valence-corrected chi connectivity index (χ0v) is 14.1. The van der Waals surface area contributed by atoms with Crippen LogP contribution in [0.15, 0.2) is 60.7 Å². The van der Waals surface area contributed by atoms with Crippen LogP contribution in [-0.4, -0.2) is 18.4 Å². The van der Waals surface area contributed by atoms with Crippen LogP contribution in [0.1, 0.15) is 0 Å². The van der Waals surface area contributed by atoms with E-state index < -0.39 is 18.4 Å². The summed E-state index contributed by atoms with van der Waals surface area (Å²) in [5.41, 5.74) is 2.55. The molecule has 0 radical (unpaired) electrons. The molecule has 0 unspecified atom stereocenters. The SMILES string of the molecule is [CH3][Sn]([CH3])([CH3])[CH3].c1ccc(-c2ccccc2)cc1. The molecular formula is C16H22Sn. The van der Waals surface area contributed by atoms with Gasteiger partial charge in [-0.1, -0.05) is 60.7 Å². The van der Waals surface area contributed by atoms with Gasteiger partial charge in [-0.3, -0.25) is 0 Å². The Bertz CT molecular complexity index is 369. The Morgan fingerprint density at radius 3 is 1.00 bits per heavy atom. The molecule has 2 aromatic carbocycles. The van der Waals surface area contributed by atoms with E-state index in [4.69, 9.17) is 0 Å². The molecule has 1 heteroatoms. The van der Waals surface area contributed by atoms with Gasteiger partial charge < -0.3 is 0 Å². The standard InChI is InChI=1S/C12H10.4CH3.Sn/c1-3-7-11(8-4-1)12-9-5-2-6-10-12;;;;;/h1-10H;4*1H3;. The van der Waals surface area contributed by atoms with Crippen LogP contribution in [0, 0.1) is 0 Å². The maximum absolute atomic E-state index is 2.40. The predicted octanol–water partition coefficient (Wildman–Crippen LogP) is 5.31. The summed E-state index contributed by atoms with van der Waals surface area (Å²) in [5, 5.41) is 0. The summed E-state index contributed by atoms with van der Waals surface area (Å²) in [6, 6.07) is 20.8. The molecule has 2 aromatic rings. The number of hydrogen-bond donors (Lipinski definition) is 0. The molecular weight excluding hydrogens is 311 g/mol. The van der Waals surface area contributed by atoms with Crippen LogP contribution in [0.5, 0.6) is 0 Å². The summed E-state index contributed by atoms with van der Waals surface area (Å²) in [6.07, 6.45) is 0. The molecule has 0 saturated heterocycles. The maximum Gasteiger partial charge on any atom is -0.0184 e. The molecule has 0 aliphatic carbocycles. The van der Waals surface area contributed by atoms with Crippen molar-refractivity contribution in [1.29, 1.82) is 0 Å². The number of rotatable bonds is 1. The van der Waals surface area contributed by atoms with Crippen LogP contribution in [0.2, 0.25) is 19.8 Å². The molecule has 2 rings (SSSR count). The molecule has 0 aromatic heterocycles. The van der Waals surface area contributed by atoms with Crippen molar-refractivity contribution in [2.45, 2.75) is 19.8 Å². The predicted molar refractivity (Wildman–Crippen MR) is 81.1 cm³/mol. The minimum absolute atomic E-state index is 1.18. The van der Waals surface area contributed by atoms with Crippen LogP contribution in [0.25, 0.3) is 11.1 Å². The van der Waals surface area contributed by atoms with Crippen molar-refractivity contribution in [3.63, 3.8) is 0 Å². The smallest absolute Gasteiger partial charge is 0.0184 e. The van der Waals surface area contributed by atoms with Gasteiger partial charge in [-0.2, -0.15) is 0 Å². The molecule has 0 saturated carbocycles. The van der Waals surface area contributed by atoms with Gasteiger partial charge in [0.1, 0.15) is 0 Å². The molecule has 0 amide bonds. The van der Waals surface area contributed by atoms with E-state index in [9.17, 15) is 0 Å². The fourth-order valence-electron chi connectivity index (χ4n) is 1.26. The quantitative estimate of drug-likeness (QED) is 0.621. The van der Waals surface area contributed by atoms with Gasteiger partial charge >= 0.3 is 38.1 Å². The average molecular weight is 333 g/mol. The largest absolute Gasteiger partial charge is 0.0622 e. The first-order valence-electron chi connectivity index (χ1n) is 6.07. The normalized spacial score (nSPS) is 10.4. The zero-order valence-electron chi connectivity index (χ0n) is 11.3. The van der Waals surface area contributed by atoms with Crippen molar-refractivity contribution in [1.82, 2.24) is 0 Å². The van der Waals surface area contributed by atoms with Crippen molar-refractivity contribution in [3.8, 4) is 11.1 Å². The van der Waals surface area contributed by atoms with Crippen LogP contribution in [-0.2, 0) is 0 Å². The van der Waals surface area contributed by atoms with Gasteiger partial charge in [-0.25, -0.2) is 0 Å². The third-order valence-electron chi connectivity index (χ3n) is 1.88. The summed E-state index contributed by atoms with van der Waals surface area (Å²) < 4.78 is 0. The van der Waals surface area contributed by atoms with E-state index in [0.717, 1.165) is 0 Å². The third-order valence-corrected chi connectivity index (χ3v) is 1.88. The van der Waals surface area contributed by atoms with Gasteiger partial charge in [0.2, 0.25) is 0 Å². The van der Waals surface area contributed by atoms with Crippen molar-refractivity contribution in [2.24, 2.45) is 0 Å². The van der Waals surface area contributed by atoms with Gasteiger partial charge in [0.25, 0.3) is 0 Å². The molecule has 0 aliphatic heterocycles. The molecule has 0 heterocycles. The van der Waals surface area contributed by atoms with Crippen molar-refractivity contribution < 1.29 is 0 Å². The van der Waals surface area contributed by atoms with Gasteiger partial charge in [-0.15, -0.1) is 0 Å². The number of benzene rings is 2. The fraction of sp³-hybridized carbons (Fsp3) is 0.250. The first-order valence-corrected chi connectivity index (χ1v) is 17.5. The van der Waals surface area contributed by atoms with E-state index in [-0.39, 0.29) is 0 Å². The first-order chi connectivity index (χ1) is 7.97. The summed E-state index contributed by atoms with van der Waals surface area (Å²) in [6.45, 7) is 0. The van der Waals surface area contributed by atoms with Gasteiger partial charge in [0.15, 0.2) is 0 Å². The molecule has 0 N–H and O–H groups in total. The topological polar surface area (TPSA) is 0 Å². The van der Waals surface area contributed by atoms with E-state index in [2.05, 4.69) is 68.3 Å². The number of hydrogen-bond acceptors (Lipinski definition) is 0. The molecule has 0 bridgehead atoms. The summed E-state index contributed by atoms with van der Waals surface area (Å²) in [5.74, 6) is 0. The van der Waals surface area contributed by atoms with E-state index in [1.54, 1.807) is 0 Å². The van der Waals surface area contributed by atoms with Crippen LogP contribution in [0.3, 0.4) is 0 Å². The van der Waals surface area contributed by atoms with Gasteiger partial charge in [-0.05, 0) is 11.1 Å². The fourth-order valence-corrected chi connectivity index (χ4v) is 1.26. The Hall–Kier alpha value is -0.761. The minimum atomic E-state index is -1.18. The Labute approximate surface area is 110 Å². The zero-order chi connectivity index (χ0) is 12.7. The second kappa shape index (κ2) is 6.85. The van der Waals surface area contributed by atoms with Gasteiger partial charge in [0, 0.05) is 0 Å². The summed E-state index contributed by atoms with van der Waals surface area (Å²) in [7, 11) is 0. The van der Waals surface area contributed by atoms with E-state index >= 15 is 0 Å². The van der Waals surface area contributed by atoms with E-state index in [0.29, 0.717) is 0 Å². The van der Waals surface area contributed by atoms with Crippen molar-refractivity contribution in [2.75, 3.05) is 0 Å². The van der Waals surface area contributed by atoms with Crippen molar-refractivity contribution in [3.05, 3.63) is 60.7 Å². The Balaban J connectivity index is 0.000000249. The third kappa shape index (κ3) is 7.22. The second-order valence-corrected chi connectivity index (χ2v) is 22.9. The minimum Gasteiger partial charge on any atom is -0.0622 e. The van der Waals surface area contributed by atoms with E-state index in [1.807, 2.05) is 12.1 Å². The molecule has 17 heavy (non-hydrogen) atoms. The monoisotopic (exact) mass is 334 g/mol. The van der Waals surface area contributed by atoms with Crippen LogP contribution in [0.4, 0.5) is 0 Å². The molecule has 0 nitrogen and oxygen atoms in total. The summed E-state index contributed by atoms with van der Waals surface area (Å²) in [4.78, 5) is 9.59. The maximum atomic E-state index is 2.40. The average Bonchev–Trinajstić information content (AvgIpc) is 2.29.